The predicted molar refractivity (Wildman–Crippen MR) is 145 cm³/mol. The topological polar surface area (TPSA) is 145 Å². The molecule has 216 valence electrons. The van der Waals surface area contributed by atoms with Gasteiger partial charge in [-0.15, -0.1) is 16.2 Å². The highest BCUT2D eigenvalue weighted by Gasteiger charge is 2.54. The summed E-state index contributed by atoms with van der Waals surface area (Å²) < 4.78 is 84.3. The van der Waals surface area contributed by atoms with Gasteiger partial charge in [0.15, 0.2) is 5.84 Å². The average molecular weight is 615 g/mol. The summed E-state index contributed by atoms with van der Waals surface area (Å²) in [5.74, 6) is -3.47. The Balaban J connectivity index is 1.38. The molecule has 1 aromatic rings. The van der Waals surface area contributed by atoms with E-state index in [1.54, 1.807) is 0 Å². The van der Waals surface area contributed by atoms with E-state index >= 15 is 0 Å². The summed E-state index contributed by atoms with van der Waals surface area (Å²) in [6, 6.07) is 2.74. The molecule has 7 rings (SSSR count). The number of benzene rings is 1. The van der Waals surface area contributed by atoms with Gasteiger partial charge < -0.3 is 15.3 Å². The van der Waals surface area contributed by atoms with Gasteiger partial charge in [-0.1, -0.05) is 6.07 Å². The number of nitrogens with one attached hydrogen (secondary N) is 2. The molecule has 3 heterocycles. The third kappa shape index (κ3) is 4.73. The van der Waals surface area contributed by atoms with Gasteiger partial charge in [0, 0.05) is 48.3 Å². The van der Waals surface area contributed by atoms with Crippen molar-refractivity contribution in [2.45, 2.75) is 38.3 Å². The van der Waals surface area contributed by atoms with Crippen LogP contribution in [0.2, 0.25) is 0 Å². The molecule has 15 heteroatoms. The number of fused-ring (bicyclic) bond motifs is 2. The zero-order chi connectivity index (χ0) is 28.6. The highest BCUT2D eigenvalue weighted by Crippen LogP contribution is 2.53. The van der Waals surface area contributed by atoms with Gasteiger partial charge in [-0.25, -0.2) is 21.9 Å². The second-order valence-electron chi connectivity index (χ2n) is 11.0. The summed E-state index contributed by atoms with van der Waals surface area (Å²) in [6.45, 7) is -0.304. The fraction of sp³-hybridized carbons (Fsp3) is 0.520. The first-order valence-electron chi connectivity index (χ1n) is 13.0. The standard InChI is InChI=1S/C25H28F2N4O6S3/c1-39(34,35)28-9-15-11-38-24-22(15)40(36,37)30-23(29-24)19-21(32)18-12-2-4-13(5-3-12)20(18)31(25(19)33)10-14-6-7-16(26)8-17(14)27/h6-8,12-13,15,18,20,28,32H,2-5,9-11H2,1H3,(H,29,30). The van der Waals surface area contributed by atoms with E-state index in [2.05, 4.69) is 14.4 Å². The third-order valence-corrected chi connectivity index (χ3v) is 12.0. The Labute approximate surface area is 235 Å². The van der Waals surface area contributed by atoms with Crippen LogP contribution in [0.25, 0.3) is 0 Å². The molecule has 2 bridgehead atoms. The van der Waals surface area contributed by atoms with Crippen molar-refractivity contribution in [3.8, 4) is 0 Å². The Kier molecular flexibility index (Phi) is 6.78. The Morgan fingerprint density at radius 2 is 1.90 bits per heavy atom. The summed E-state index contributed by atoms with van der Waals surface area (Å²) in [5, 5.41) is 14.7. The number of amidine groups is 1. The molecular formula is C25H28F2N4O6S3. The number of halogens is 2. The number of rotatable bonds is 6. The molecule has 3 saturated carbocycles. The van der Waals surface area contributed by atoms with Gasteiger partial charge in [-0.3, -0.25) is 4.79 Å². The zero-order valence-electron chi connectivity index (χ0n) is 21.4. The zero-order valence-corrected chi connectivity index (χ0v) is 23.9. The first-order chi connectivity index (χ1) is 18.8. The molecule has 1 amide bonds. The quantitative estimate of drug-likeness (QED) is 0.443. The molecule has 6 aliphatic rings. The lowest BCUT2D eigenvalue weighted by Gasteiger charge is -2.54. The molecular weight excluding hydrogens is 586 g/mol. The van der Waals surface area contributed by atoms with Gasteiger partial charge in [-0.2, -0.15) is 8.42 Å². The third-order valence-electron chi connectivity index (χ3n) is 8.51. The number of aliphatic hydroxyl groups is 1. The number of sulfonamides is 2. The fourth-order valence-electron chi connectivity index (χ4n) is 6.79. The number of hydrogen-bond acceptors (Lipinski definition) is 8. The van der Waals surface area contributed by atoms with Crippen LogP contribution in [0.1, 0.15) is 31.2 Å². The van der Waals surface area contributed by atoms with E-state index in [0.717, 1.165) is 55.8 Å². The summed E-state index contributed by atoms with van der Waals surface area (Å²) in [5.41, 5.74) is -0.163. The molecule has 0 aromatic heterocycles. The molecule has 3 atom stereocenters. The lowest BCUT2D eigenvalue weighted by Crippen LogP contribution is -2.60. The largest absolute Gasteiger partial charge is 0.511 e. The number of carbonyl (C=O) groups excluding carboxylic acids is 1. The molecule has 3 N–H and O–H groups in total. The van der Waals surface area contributed by atoms with Crippen LogP contribution in [0.4, 0.5) is 8.78 Å². The Morgan fingerprint density at radius 1 is 1.20 bits per heavy atom. The van der Waals surface area contributed by atoms with Crippen LogP contribution in [-0.4, -0.2) is 63.2 Å². The van der Waals surface area contributed by atoms with Crippen molar-refractivity contribution >= 4 is 43.6 Å². The maximum absolute atomic E-state index is 14.7. The molecule has 3 aliphatic carbocycles. The van der Waals surface area contributed by atoms with E-state index < -0.39 is 55.5 Å². The smallest absolute Gasteiger partial charge is 0.283 e. The lowest BCUT2D eigenvalue weighted by molar-refractivity contribution is -0.140. The molecule has 0 spiro atoms. The van der Waals surface area contributed by atoms with Crippen molar-refractivity contribution in [2.75, 3.05) is 18.6 Å². The van der Waals surface area contributed by atoms with Crippen molar-refractivity contribution < 1.29 is 35.5 Å². The number of thioether (sulfide) groups is 1. The lowest BCUT2D eigenvalue weighted by atomic mass is 9.59. The van der Waals surface area contributed by atoms with E-state index in [0.29, 0.717) is 0 Å². The van der Waals surface area contributed by atoms with Gasteiger partial charge >= 0.3 is 0 Å². The monoisotopic (exact) mass is 614 g/mol. The van der Waals surface area contributed by atoms with E-state index in [1.165, 1.54) is 11.0 Å². The van der Waals surface area contributed by atoms with Crippen LogP contribution in [0.5, 0.6) is 0 Å². The van der Waals surface area contributed by atoms with Crippen LogP contribution < -0.4 is 10.0 Å². The summed E-state index contributed by atoms with van der Waals surface area (Å²) in [6.07, 6.45) is 4.37. The number of nitrogens with zero attached hydrogens (tertiary/aromatic N) is 2. The van der Waals surface area contributed by atoms with E-state index in [-0.39, 0.29) is 63.3 Å². The minimum Gasteiger partial charge on any atom is -0.511 e. The van der Waals surface area contributed by atoms with E-state index in [4.69, 9.17) is 0 Å². The predicted octanol–water partition coefficient (Wildman–Crippen LogP) is 2.34. The number of aliphatic hydroxyl groups excluding tert-OH is 1. The first kappa shape index (κ1) is 27.7. The molecule has 10 nitrogen and oxygen atoms in total. The minimum atomic E-state index is -4.32. The van der Waals surface area contributed by atoms with Gasteiger partial charge in [-0.05, 0) is 43.6 Å². The van der Waals surface area contributed by atoms with Crippen molar-refractivity contribution in [2.24, 2.45) is 28.1 Å². The highest BCUT2D eigenvalue weighted by atomic mass is 32.2. The van der Waals surface area contributed by atoms with Crippen LogP contribution in [-0.2, 0) is 31.4 Å². The maximum Gasteiger partial charge on any atom is 0.283 e. The minimum absolute atomic E-state index is 0.0570. The Bertz CT molecular complexity index is 1600. The molecule has 0 radical (unpaired) electrons. The molecule has 3 fully saturated rings. The highest BCUT2D eigenvalue weighted by molar-refractivity contribution is 8.05. The Hall–Kier alpha value is -2.49. The SMILES string of the molecule is CS(=O)(=O)NCC1CSC2=C1S(=O)(=O)N=C(C1=C(O)C3C4CCC(CC4)C3N(Cc3ccc(F)cc3F)C1=O)N2. The second-order valence-corrected chi connectivity index (χ2v) is 15.4. The van der Waals surface area contributed by atoms with E-state index in [9.17, 15) is 35.5 Å². The molecule has 40 heavy (non-hydrogen) atoms. The number of amides is 1. The molecule has 3 aliphatic heterocycles. The average Bonchev–Trinajstić information content (AvgIpc) is 3.30. The van der Waals surface area contributed by atoms with Crippen molar-refractivity contribution in [3.63, 3.8) is 0 Å². The van der Waals surface area contributed by atoms with Gasteiger partial charge in [0.05, 0.1) is 11.3 Å². The summed E-state index contributed by atoms with van der Waals surface area (Å²) in [7, 11) is -7.87. The number of hydrogen-bond donors (Lipinski definition) is 3. The van der Waals surface area contributed by atoms with Gasteiger partial charge in [0.25, 0.3) is 15.9 Å². The van der Waals surface area contributed by atoms with Crippen molar-refractivity contribution in [1.82, 2.24) is 14.9 Å². The molecule has 3 unspecified atom stereocenters. The van der Waals surface area contributed by atoms with Crippen LogP contribution >= 0.6 is 11.8 Å². The molecule has 1 aromatic carbocycles. The van der Waals surface area contributed by atoms with E-state index in [1.807, 2.05) is 0 Å². The van der Waals surface area contributed by atoms with Crippen LogP contribution in [0.15, 0.2) is 43.9 Å². The van der Waals surface area contributed by atoms with Crippen molar-refractivity contribution in [1.29, 1.82) is 0 Å². The van der Waals surface area contributed by atoms with Gasteiger partial charge in [0.2, 0.25) is 10.0 Å². The number of carbonyl (C=O) groups is 1. The second kappa shape index (κ2) is 9.81. The Morgan fingerprint density at radius 3 is 2.58 bits per heavy atom. The van der Waals surface area contributed by atoms with Gasteiger partial charge in [0.1, 0.15) is 27.9 Å². The maximum atomic E-state index is 14.7. The van der Waals surface area contributed by atoms with Crippen LogP contribution in [0, 0.1) is 35.3 Å². The normalized spacial score (nSPS) is 31.2. The van der Waals surface area contributed by atoms with Crippen LogP contribution in [0.3, 0.4) is 0 Å². The van der Waals surface area contributed by atoms with Crippen molar-refractivity contribution in [3.05, 3.63) is 56.7 Å². The summed E-state index contributed by atoms with van der Waals surface area (Å²) in [4.78, 5) is 15.4. The first-order valence-corrected chi connectivity index (χ1v) is 17.3. The summed E-state index contributed by atoms with van der Waals surface area (Å²) >= 11 is 1.16. The molecule has 0 saturated heterocycles. The fourth-order valence-corrected chi connectivity index (χ4v) is 10.4.